The van der Waals surface area contributed by atoms with E-state index in [0.717, 1.165) is 93.7 Å². The second-order valence-electron chi connectivity index (χ2n) is 11.0. The normalized spacial score (nSPS) is 20.7. The number of aromatic nitrogens is 1. The number of hydrogen-bond donors (Lipinski definition) is 2. The van der Waals surface area contributed by atoms with Gasteiger partial charge in [0.25, 0.3) is 11.8 Å². The van der Waals surface area contributed by atoms with Crippen molar-refractivity contribution in [1.82, 2.24) is 25.4 Å². The summed E-state index contributed by atoms with van der Waals surface area (Å²) in [6, 6.07) is 8.42. The van der Waals surface area contributed by atoms with Crippen molar-refractivity contribution in [3.8, 4) is 11.8 Å². The molecule has 0 aliphatic carbocycles. The largest absolute Gasteiger partial charge is 0.368 e. The van der Waals surface area contributed by atoms with Crippen molar-refractivity contribution < 1.29 is 19.2 Å². The van der Waals surface area contributed by atoms with Crippen molar-refractivity contribution in [2.75, 3.05) is 68.7 Å². The monoisotopic (exact) mass is 605 g/mol. The molecule has 1 atom stereocenters. The van der Waals surface area contributed by atoms with E-state index in [2.05, 4.69) is 42.2 Å². The number of nitrogens with one attached hydrogen (secondary N) is 2. The van der Waals surface area contributed by atoms with E-state index in [1.165, 1.54) is 0 Å². The van der Waals surface area contributed by atoms with Crippen LogP contribution in [0.1, 0.15) is 52.0 Å². The van der Waals surface area contributed by atoms with Crippen LogP contribution in [0.4, 0.5) is 11.5 Å². The summed E-state index contributed by atoms with van der Waals surface area (Å²) in [5.74, 6) is 5.59. The summed E-state index contributed by atoms with van der Waals surface area (Å²) in [4.78, 5) is 63.0. The van der Waals surface area contributed by atoms with Gasteiger partial charge in [-0.25, -0.2) is 4.98 Å². The molecule has 4 amide bonds. The zero-order valence-electron chi connectivity index (χ0n) is 24.0. The number of unbranched alkanes of at least 4 members (excludes halogenated alkanes) is 1. The Balaban J connectivity index is 0.00000368. The van der Waals surface area contributed by atoms with Crippen molar-refractivity contribution in [3.63, 3.8) is 0 Å². The molecule has 3 saturated heterocycles. The van der Waals surface area contributed by atoms with Crippen LogP contribution in [0.15, 0.2) is 36.5 Å². The number of fused-ring (bicyclic) bond motifs is 1. The molecular weight excluding hydrogens is 570 g/mol. The van der Waals surface area contributed by atoms with Gasteiger partial charge in [-0.15, -0.1) is 12.4 Å². The van der Waals surface area contributed by atoms with Crippen molar-refractivity contribution in [3.05, 3.63) is 53.2 Å². The highest BCUT2D eigenvalue weighted by molar-refractivity contribution is 6.25. The summed E-state index contributed by atoms with van der Waals surface area (Å²) in [7, 11) is 0. The Kier molecular flexibility index (Phi) is 9.60. The Hall–Kier alpha value is -3.98. The van der Waals surface area contributed by atoms with Crippen LogP contribution in [0.25, 0.3) is 0 Å². The number of imide groups is 2. The predicted molar refractivity (Wildman–Crippen MR) is 164 cm³/mol. The number of piperazine rings is 2. The van der Waals surface area contributed by atoms with Crippen LogP contribution in [0, 0.1) is 11.8 Å². The lowest BCUT2D eigenvalue weighted by Gasteiger charge is -2.36. The summed E-state index contributed by atoms with van der Waals surface area (Å²) >= 11 is 0. The number of piperidine rings is 1. The van der Waals surface area contributed by atoms with Crippen LogP contribution in [0.5, 0.6) is 0 Å². The number of amides is 4. The van der Waals surface area contributed by atoms with Gasteiger partial charge in [0.15, 0.2) is 0 Å². The van der Waals surface area contributed by atoms with E-state index in [1.54, 1.807) is 12.1 Å². The molecule has 0 radical (unpaired) electrons. The molecule has 1 aromatic carbocycles. The van der Waals surface area contributed by atoms with Crippen molar-refractivity contribution in [2.24, 2.45) is 0 Å². The van der Waals surface area contributed by atoms with E-state index in [9.17, 15) is 19.2 Å². The van der Waals surface area contributed by atoms with Gasteiger partial charge < -0.3 is 15.1 Å². The van der Waals surface area contributed by atoms with Gasteiger partial charge in [-0.05, 0) is 43.7 Å². The zero-order valence-corrected chi connectivity index (χ0v) is 24.8. The Labute approximate surface area is 257 Å². The summed E-state index contributed by atoms with van der Waals surface area (Å²) in [5.41, 5.74) is 2.33. The third-order valence-electron chi connectivity index (χ3n) is 8.36. The molecule has 5 heterocycles. The van der Waals surface area contributed by atoms with E-state index >= 15 is 0 Å². The minimum Gasteiger partial charge on any atom is -0.368 e. The van der Waals surface area contributed by atoms with Gasteiger partial charge in [0.05, 0.1) is 16.8 Å². The quantitative estimate of drug-likeness (QED) is 0.285. The standard InChI is InChI=1S/C31H35N7O4.ClH/c39-27-11-9-25(29(40)34-27)38-30(41)23-6-4-7-24(28(23)31(38)42)36-19-17-35(18-20-36)14-3-1-2-5-22-8-10-26(33-21-22)37-15-12-32-13-16-37;/h4,6-8,10,21,25,32H,1,3,9,11-20H2,(H,34,39,40);1H. The van der Waals surface area contributed by atoms with Gasteiger partial charge in [0, 0.05) is 77.0 Å². The third kappa shape index (κ3) is 6.51. The highest BCUT2D eigenvalue weighted by Crippen LogP contribution is 2.34. The predicted octanol–water partition coefficient (Wildman–Crippen LogP) is 1.27. The van der Waals surface area contributed by atoms with Crippen LogP contribution in [0.3, 0.4) is 0 Å². The number of anilines is 2. The van der Waals surface area contributed by atoms with Crippen molar-refractivity contribution in [1.29, 1.82) is 0 Å². The second-order valence-corrected chi connectivity index (χ2v) is 11.0. The van der Waals surface area contributed by atoms with Crippen molar-refractivity contribution >= 4 is 47.5 Å². The molecule has 1 aromatic heterocycles. The second kappa shape index (κ2) is 13.5. The van der Waals surface area contributed by atoms with Crippen LogP contribution in [0.2, 0.25) is 0 Å². The fourth-order valence-corrected chi connectivity index (χ4v) is 6.07. The van der Waals surface area contributed by atoms with Gasteiger partial charge in [0.1, 0.15) is 11.9 Å². The number of benzene rings is 1. The lowest BCUT2D eigenvalue weighted by Crippen LogP contribution is -2.54. The molecule has 0 bridgehead atoms. The van der Waals surface area contributed by atoms with Crippen LogP contribution >= 0.6 is 12.4 Å². The maximum Gasteiger partial charge on any atom is 0.264 e. The minimum atomic E-state index is -0.962. The van der Waals surface area contributed by atoms with Crippen LogP contribution < -0.4 is 20.4 Å². The molecule has 43 heavy (non-hydrogen) atoms. The number of hydrogen-bond acceptors (Lipinski definition) is 9. The maximum atomic E-state index is 13.4. The number of pyridine rings is 1. The first-order chi connectivity index (χ1) is 20.5. The number of rotatable bonds is 6. The number of nitrogens with zero attached hydrogens (tertiary/aromatic N) is 5. The smallest absolute Gasteiger partial charge is 0.264 e. The highest BCUT2D eigenvalue weighted by Gasteiger charge is 2.46. The molecule has 0 saturated carbocycles. The Bertz CT molecular complexity index is 1440. The van der Waals surface area contributed by atoms with Gasteiger partial charge in [-0.3, -0.25) is 34.3 Å². The molecule has 1 unspecified atom stereocenters. The van der Waals surface area contributed by atoms with E-state index < -0.39 is 23.8 Å². The molecule has 11 nitrogen and oxygen atoms in total. The summed E-state index contributed by atoms with van der Waals surface area (Å²) in [5, 5.41) is 5.60. The number of carbonyl (C=O) groups excluding carboxylic acids is 4. The zero-order chi connectivity index (χ0) is 29.1. The van der Waals surface area contributed by atoms with Gasteiger partial charge in [-0.2, -0.15) is 0 Å². The topological polar surface area (TPSA) is 118 Å². The molecule has 12 heteroatoms. The molecule has 4 aliphatic heterocycles. The number of halogens is 1. The first kappa shape index (κ1) is 30.5. The average Bonchev–Trinajstić information content (AvgIpc) is 3.27. The summed E-state index contributed by atoms with van der Waals surface area (Å²) in [6.07, 6.45) is 3.87. The molecule has 3 fully saturated rings. The molecule has 2 aromatic rings. The molecular formula is C31H36ClN7O4. The first-order valence-corrected chi connectivity index (χ1v) is 14.7. The fraction of sp³-hybridized carbons (Fsp3) is 0.452. The molecule has 226 valence electrons. The van der Waals surface area contributed by atoms with Gasteiger partial charge in [0.2, 0.25) is 11.8 Å². The van der Waals surface area contributed by atoms with Crippen molar-refractivity contribution in [2.45, 2.75) is 31.7 Å². The SMILES string of the molecule is Cl.O=C1CCC(N2C(=O)c3cccc(N4CCN(CCCC#Cc5ccc(N6CCNCC6)nc5)CC4)c3C2=O)C(=O)N1. The number of carbonyl (C=O) groups is 4. The summed E-state index contributed by atoms with van der Waals surface area (Å²) in [6.45, 7) is 8.00. The third-order valence-corrected chi connectivity index (χ3v) is 8.36. The Morgan fingerprint density at radius 2 is 1.70 bits per heavy atom. The first-order valence-electron chi connectivity index (χ1n) is 14.7. The highest BCUT2D eigenvalue weighted by atomic mass is 35.5. The molecule has 4 aliphatic rings. The van der Waals surface area contributed by atoms with Crippen LogP contribution in [-0.4, -0.2) is 103 Å². The average molecular weight is 606 g/mol. The lowest BCUT2D eigenvalue weighted by molar-refractivity contribution is -0.136. The van der Waals surface area contributed by atoms with Gasteiger partial charge >= 0.3 is 0 Å². The Morgan fingerprint density at radius 1 is 0.907 bits per heavy atom. The van der Waals surface area contributed by atoms with E-state index in [1.807, 2.05) is 24.4 Å². The molecule has 0 spiro atoms. The molecule has 2 N–H and O–H groups in total. The maximum absolute atomic E-state index is 13.4. The fourth-order valence-electron chi connectivity index (χ4n) is 6.07. The van der Waals surface area contributed by atoms with Gasteiger partial charge in [-0.1, -0.05) is 17.9 Å². The molecule has 6 rings (SSSR count). The van der Waals surface area contributed by atoms with E-state index in [4.69, 9.17) is 0 Å². The Morgan fingerprint density at radius 3 is 2.42 bits per heavy atom. The summed E-state index contributed by atoms with van der Waals surface area (Å²) < 4.78 is 0. The van der Waals surface area contributed by atoms with E-state index in [0.29, 0.717) is 11.1 Å². The lowest BCUT2D eigenvalue weighted by atomic mass is 10.0. The van der Waals surface area contributed by atoms with E-state index in [-0.39, 0.29) is 31.2 Å². The minimum absolute atomic E-state index is 0. The van der Waals surface area contributed by atoms with Crippen LogP contribution in [-0.2, 0) is 9.59 Å².